The van der Waals surface area contributed by atoms with Gasteiger partial charge in [0.2, 0.25) is 17.7 Å². The molecule has 6 rings (SSSR count). The zero-order chi connectivity index (χ0) is 33.8. The molecule has 48 heavy (non-hydrogen) atoms. The number of ether oxygens (including phenoxy) is 2. The summed E-state index contributed by atoms with van der Waals surface area (Å²) < 4.78 is 12.4. The smallest absolute Gasteiger partial charge is 0.249 e. The molecule has 3 saturated heterocycles. The molecule has 0 radical (unpaired) electrons. The monoisotopic (exact) mass is 649 g/mol. The third kappa shape index (κ3) is 5.82. The van der Waals surface area contributed by atoms with Gasteiger partial charge in [-0.3, -0.25) is 14.4 Å². The molecule has 0 aromatic heterocycles. The summed E-state index contributed by atoms with van der Waals surface area (Å²) in [5, 5.41) is 10.8. The number of benzene rings is 3. The molecule has 1 spiro atoms. The largest absolute Gasteiger partial charge is 0.494 e. The van der Waals surface area contributed by atoms with E-state index in [1.54, 1.807) is 22.0 Å². The zero-order valence-corrected chi connectivity index (χ0v) is 27.3. The summed E-state index contributed by atoms with van der Waals surface area (Å²) in [6, 6.07) is 24.3. The molecular formula is C39H43N3O6. The van der Waals surface area contributed by atoms with Crippen LogP contribution in [0.15, 0.2) is 110 Å². The Bertz CT molecular complexity index is 1630. The Hall–Kier alpha value is -4.73. The fourth-order valence-corrected chi connectivity index (χ4v) is 7.90. The van der Waals surface area contributed by atoms with Crippen LogP contribution in [-0.4, -0.2) is 76.7 Å². The topological polar surface area (TPSA) is 99.6 Å². The number of amides is 3. The van der Waals surface area contributed by atoms with E-state index < -0.39 is 42.2 Å². The Morgan fingerprint density at radius 3 is 2.29 bits per heavy atom. The van der Waals surface area contributed by atoms with Crippen molar-refractivity contribution < 1.29 is 29.0 Å². The van der Waals surface area contributed by atoms with Gasteiger partial charge in [-0.1, -0.05) is 72.8 Å². The number of likely N-dealkylation sites (tertiary alicyclic amines) is 1. The highest BCUT2D eigenvalue weighted by Crippen LogP contribution is 2.60. The molecule has 3 aromatic carbocycles. The Labute approximate surface area is 282 Å². The molecule has 3 amide bonds. The van der Waals surface area contributed by atoms with E-state index in [4.69, 9.17) is 9.47 Å². The van der Waals surface area contributed by atoms with E-state index in [-0.39, 0.29) is 30.8 Å². The third-order valence-corrected chi connectivity index (χ3v) is 9.86. The number of fused-ring (bicyclic) bond motifs is 1. The quantitative estimate of drug-likeness (QED) is 0.249. The first kappa shape index (κ1) is 33.2. The van der Waals surface area contributed by atoms with Crippen molar-refractivity contribution in [2.24, 2.45) is 11.8 Å². The summed E-state index contributed by atoms with van der Waals surface area (Å²) in [5.74, 6) is -1.96. The Morgan fingerprint density at radius 2 is 1.67 bits per heavy atom. The summed E-state index contributed by atoms with van der Waals surface area (Å²) in [4.78, 5) is 49.2. The van der Waals surface area contributed by atoms with E-state index >= 15 is 0 Å². The van der Waals surface area contributed by atoms with Gasteiger partial charge < -0.3 is 29.3 Å². The Kier molecular flexibility index (Phi) is 9.80. The summed E-state index contributed by atoms with van der Waals surface area (Å²) in [6.07, 6.45) is 3.75. The van der Waals surface area contributed by atoms with Crippen LogP contribution in [0.4, 0.5) is 5.69 Å². The molecular weight excluding hydrogens is 606 g/mol. The summed E-state index contributed by atoms with van der Waals surface area (Å²) >= 11 is 0. The fourth-order valence-electron chi connectivity index (χ4n) is 7.90. The molecule has 9 heteroatoms. The van der Waals surface area contributed by atoms with Crippen LogP contribution in [0, 0.1) is 11.8 Å². The van der Waals surface area contributed by atoms with Crippen molar-refractivity contribution in [2.75, 3.05) is 31.2 Å². The van der Waals surface area contributed by atoms with Crippen molar-refractivity contribution in [2.45, 2.75) is 50.1 Å². The molecule has 3 aliphatic rings. The van der Waals surface area contributed by atoms with Crippen molar-refractivity contribution in [1.82, 2.24) is 9.80 Å². The molecule has 6 atom stereocenters. The van der Waals surface area contributed by atoms with E-state index in [0.29, 0.717) is 43.0 Å². The van der Waals surface area contributed by atoms with Gasteiger partial charge in [0.05, 0.1) is 37.2 Å². The number of hydrogen-bond donors (Lipinski definition) is 1. The average molecular weight is 650 g/mol. The van der Waals surface area contributed by atoms with Crippen LogP contribution in [0.2, 0.25) is 0 Å². The molecule has 1 N–H and O–H groups in total. The number of nitrogens with zero attached hydrogens (tertiary/aromatic N) is 3. The molecule has 2 unspecified atom stereocenters. The number of aliphatic hydroxyl groups excluding tert-OH is 1. The van der Waals surface area contributed by atoms with E-state index in [2.05, 4.69) is 13.2 Å². The lowest BCUT2D eigenvalue weighted by Gasteiger charge is -2.39. The van der Waals surface area contributed by atoms with Crippen molar-refractivity contribution in [3.63, 3.8) is 0 Å². The number of carbonyl (C=O) groups is 3. The standard InChI is InChI=1S/C39H43N3O6/c1-4-23-40(25-27-13-9-7-10-14-27)38(46)35-39-22-21-32(48-39)33(34(39)37(45)42(35)31(26-43)28-15-11-8-12-16-28)36(44)41(24-5-2)29-17-19-30(20-18-29)47-6-3/h4-5,7-20,31-35,43H,1-2,6,21-26H2,3H3/t31-,32+,33-,34+,35?,39?/m1/s1. The molecule has 3 heterocycles. The molecule has 250 valence electrons. The molecule has 3 fully saturated rings. The van der Waals surface area contributed by atoms with Crippen molar-refractivity contribution >= 4 is 23.4 Å². The minimum atomic E-state index is -1.24. The number of rotatable bonds is 14. The lowest BCUT2D eigenvalue weighted by atomic mass is 9.70. The van der Waals surface area contributed by atoms with Crippen molar-refractivity contribution in [3.05, 3.63) is 121 Å². The maximum atomic E-state index is 14.9. The van der Waals surface area contributed by atoms with Crippen LogP contribution >= 0.6 is 0 Å². The van der Waals surface area contributed by atoms with Gasteiger partial charge in [-0.05, 0) is 55.2 Å². The van der Waals surface area contributed by atoms with Crippen LogP contribution in [-0.2, 0) is 25.7 Å². The van der Waals surface area contributed by atoms with Crippen LogP contribution in [0.5, 0.6) is 5.75 Å². The molecule has 0 saturated carbocycles. The van der Waals surface area contributed by atoms with Gasteiger partial charge in [-0.15, -0.1) is 13.2 Å². The van der Waals surface area contributed by atoms with E-state index in [9.17, 15) is 19.5 Å². The third-order valence-electron chi connectivity index (χ3n) is 9.86. The van der Waals surface area contributed by atoms with Crippen LogP contribution in [0.3, 0.4) is 0 Å². The first-order valence-corrected chi connectivity index (χ1v) is 16.6. The zero-order valence-electron chi connectivity index (χ0n) is 27.3. The second kappa shape index (κ2) is 14.2. The second-order valence-corrected chi connectivity index (χ2v) is 12.6. The predicted octanol–water partition coefficient (Wildman–Crippen LogP) is 4.93. The lowest BCUT2D eigenvalue weighted by Crippen LogP contribution is -2.57. The van der Waals surface area contributed by atoms with Crippen LogP contribution in [0.1, 0.15) is 36.9 Å². The van der Waals surface area contributed by atoms with Gasteiger partial charge >= 0.3 is 0 Å². The Morgan fingerprint density at radius 1 is 1.00 bits per heavy atom. The van der Waals surface area contributed by atoms with E-state index in [1.165, 1.54) is 4.90 Å². The van der Waals surface area contributed by atoms with E-state index in [0.717, 1.165) is 5.56 Å². The second-order valence-electron chi connectivity index (χ2n) is 12.6. The Balaban J connectivity index is 1.42. The van der Waals surface area contributed by atoms with Gasteiger partial charge in [0, 0.05) is 25.3 Å². The summed E-state index contributed by atoms with van der Waals surface area (Å²) in [7, 11) is 0. The maximum Gasteiger partial charge on any atom is 0.249 e. The number of anilines is 1. The van der Waals surface area contributed by atoms with Crippen molar-refractivity contribution in [1.29, 1.82) is 0 Å². The lowest BCUT2D eigenvalue weighted by molar-refractivity contribution is -0.151. The first-order valence-electron chi connectivity index (χ1n) is 16.6. The molecule has 9 nitrogen and oxygen atoms in total. The van der Waals surface area contributed by atoms with Crippen LogP contribution in [0.25, 0.3) is 0 Å². The highest BCUT2D eigenvalue weighted by molar-refractivity contribution is 6.03. The summed E-state index contributed by atoms with van der Waals surface area (Å²) in [6.45, 7) is 10.6. The van der Waals surface area contributed by atoms with Gasteiger partial charge in [0.1, 0.15) is 17.4 Å². The molecule has 3 aromatic rings. The fraction of sp³-hybridized carbons (Fsp3) is 0.359. The first-order chi connectivity index (χ1) is 23.4. The van der Waals surface area contributed by atoms with Crippen molar-refractivity contribution in [3.8, 4) is 5.75 Å². The molecule has 2 bridgehead atoms. The predicted molar refractivity (Wildman–Crippen MR) is 183 cm³/mol. The minimum Gasteiger partial charge on any atom is -0.494 e. The van der Waals surface area contributed by atoms with Gasteiger partial charge in [0.15, 0.2) is 0 Å². The highest BCUT2D eigenvalue weighted by atomic mass is 16.5. The van der Waals surface area contributed by atoms with Gasteiger partial charge in [0.25, 0.3) is 0 Å². The highest BCUT2D eigenvalue weighted by Gasteiger charge is 2.75. The van der Waals surface area contributed by atoms with Crippen LogP contribution < -0.4 is 9.64 Å². The number of aliphatic hydroxyl groups is 1. The number of hydrogen-bond acceptors (Lipinski definition) is 6. The van der Waals surface area contributed by atoms with Gasteiger partial charge in [-0.25, -0.2) is 0 Å². The SMILES string of the molecule is C=CCN(Cc1ccccc1)C(=O)C1N([C@H](CO)c2ccccc2)C(=O)[C@@H]2[C@H](C(=O)N(CC=C)c3ccc(OCC)cc3)[C@@H]3CCC12O3. The van der Waals surface area contributed by atoms with Gasteiger partial charge in [-0.2, -0.15) is 0 Å². The molecule has 0 aliphatic carbocycles. The minimum absolute atomic E-state index is 0.226. The maximum absolute atomic E-state index is 14.9. The normalized spacial score (nSPS) is 24.5. The average Bonchev–Trinajstić information content (AvgIpc) is 3.76. The van der Waals surface area contributed by atoms with E-state index in [1.807, 2.05) is 91.9 Å². The number of carbonyl (C=O) groups excluding carboxylic acids is 3. The summed E-state index contributed by atoms with van der Waals surface area (Å²) in [5.41, 5.74) is 1.03. The molecule has 3 aliphatic heterocycles.